The summed E-state index contributed by atoms with van der Waals surface area (Å²) in [5, 5.41) is 39.8. The number of carbonyl (C=O) groups is 1. The summed E-state index contributed by atoms with van der Waals surface area (Å²) in [6.45, 7) is -0.181. The zero-order valence-corrected chi connectivity index (χ0v) is 28.5. The van der Waals surface area contributed by atoms with E-state index in [9.17, 15) is 24.1 Å². The van der Waals surface area contributed by atoms with Gasteiger partial charge in [0.05, 0.1) is 19.5 Å². The SMILES string of the molecule is O=CO[O-].Oc1cccc(O)c1-c1ccc(Cl)cc1F.Oc1cccc2oc3cc(Cl)ccc3c12.[2HH].[2H]CF.[H-].[K+].[K+]. The zero-order valence-electron chi connectivity index (χ0n) is 22.7. The van der Waals surface area contributed by atoms with Crippen molar-refractivity contribution in [2.75, 3.05) is 7.15 Å². The number of fused-ring (bicyclic) bond motifs is 3. The first kappa shape index (κ1) is 36.2. The molecule has 1 aromatic heterocycles. The molecule has 0 spiro atoms. The topological polar surface area (TPSA) is 123 Å². The molecule has 7 nitrogen and oxygen atoms in total. The van der Waals surface area contributed by atoms with Crippen molar-refractivity contribution in [1.82, 2.24) is 0 Å². The van der Waals surface area contributed by atoms with Gasteiger partial charge in [-0.05, 0) is 54.6 Å². The van der Waals surface area contributed by atoms with Crippen LogP contribution in [0.4, 0.5) is 8.78 Å². The van der Waals surface area contributed by atoms with Crippen molar-refractivity contribution in [3.8, 4) is 28.4 Å². The molecule has 0 bridgehead atoms. The van der Waals surface area contributed by atoms with Crippen LogP contribution in [0.3, 0.4) is 0 Å². The summed E-state index contributed by atoms with van der Waals surface area (Å²) in [6.07, 6.45) is 0. The van der Waals surface area contributed by atoms with Crippen molar-refractivity contribution in [2.24, 2.45) is 0 Å². The van der Waals surface area contributed by atoms with E-state index in [1.807, 2.05) is 12.1 Å². The van der Waals surface area contributed by atoms with Crippen molar-refractivity contribution in [1.29, 1.82) is 0 Å². The molecule has 0 fully saturated rings. The minimum Gasteiger partial charge on any atom is -1.00 e. The molecular formula is C26H22Cl2F2K2O7. The number of hydrogen-bond donors (Lipinski definition) is 3. The molecule has 0 saturated heterocycles. The van der Waals surface area contributed by atoms with Crippen molar-refractivity contribution >= 4 is 51.6 Å². The number of furan rings is 1. The molecule has 5 aromatic rings. The zero-order chi connectivity index (χ0) is 28.2. The Hall–Kier alpha value is -0.777. The van der Waals surface area contributed by atoms with Crippen LogP contribution in [0.25, 0.3) is 33.1 Å². The molecule has 3 N–H and O–H groups in total. The molecule has 0 aliphatic heterocycles. The van der Waals surface area contributed by atoms with Crippen LogP contribution in [-0.2, 0) is 9.68 Å². The molecule has 0 unspecified atom stereocenters. The first-order valence-electron chi connectivity index (χ1n) is 10.7. The van der Waals surface area contributed by atoms with Gasteiger partial charge < -0.3 is 31.3 Å². The first-order chi connectivity index (χ1) is 18.2. The minimum atomic E-state index is -1.00. The number of aromatic hydroxyl groups is 3. The fourth-order valence-corrected chi connectivity index (χ4v) is 3.60. The van der Waals surface area contributed by atoms with E-state index in [0.717, 1.165) is 16.8 Å². The van der Waals surface area contributed by atoms with Crippen molar-refractivity contribution < 1.29 is 150 Å². The monoisotopic (exact) mass is 634 g/mol. The van der Waals surface area contributed by atoms with Crippen LogP contribution in [0.2, 0.25) is 10.0 Å². The van der Waals surface area contributed by atoms with Crippen LogP contribution in [0.15, 0.2) is 77.2 Å². The molecule has 0 amide bonds. The number of alkyl halides is 1. The Kier molecular flexibility index (Phi) is 18.0. The number of carbonyl (C=O) groups excluding carboxylic acids is 1. The van der Waals surface area contributed by atoms with Gasteiger partial charge in [-0.1, -0.05) is 35.3 Å². The summed E-state index contributed by atoms with van der Waals surface area (Å²) >= 11 is 11.5. The van der Waals surface area contributed by atoms with E-state index in [2.05, 4.69) is 4.89 Å². The third kappa shape index (κ3) is 10.5. The largest absolute Gasteiger partial charge is 1.00 e. The van der Waals surface area contributed by atoms with Crippen LogP contribution in [-0.4, -0.2) is 28.9 Å². The predicted octanol–water partition coefficient (Wildman–Crippen LogP) is 0.889. The van der Waals surface area contributed by atoms with Crippen molar-refractivity contribution in [2.45, 2.75) is 0 Å². The Balaban J connectivity index is -0.000000551. The van der Waals surface area contributed by atoms with E-state index in [0.29, 0.717) is 16.2 Å². The number of hydrogen-bond acceptors (Lipinski definition) is 7. The van der Waals surface area contributed by atoms with Crippen LogP contribution in [0, 0.1) is 5.82 Å². The Bertz CT molecular complexity index is 1510. The van der Waals surface area contributed by atoms with Gasteiger partial charge in [-0.3, -0.25) is 9.18 Å². The Morgan fingerprint density at radius 2 is 1.46 bits per heavy atom. The molecule has 0 saturated carbocycles. The Labute approximate surface area is 321 Å². The van der Waals surface area contributed by atoms with E-state index in [1.54, 1.807) is 24.3 Å². The molecule has 0 aliphatic carbocycles. The van der Waals surface area contributed by atoms with Gasteiger partial charge >= 0.3 is 103 Å². The second-order valence-corrected chi connectivity index (χ2v) is 7.75. The second kappa shape index (κ2) is 19.4. The van der Waals surface area contributed by atoms with Crippen LogP contribution in [0.1, 0.15) is 4.22 Å². The van der Waals surface area contributed by atoms with Crippen LogP contribution in [0.5, 0.6) is 17.2 Å². The fraction of sp³-hybridized carbons (Fsp3) is 0.0385. The van der Waals surface area contributed by atoms with Gasteiger partial charge in [-0.15, -0.1) is 0 Å². The first-order valence-corrected chi connectivity index (χ1v) is 10.8. The van der Waals surface area contributed by atoms with Crippen LogP contribution >= 0.6 is 23.2 Å². The third-order valence-electron chi connectivity index (χ3n) is 4.70. The van der Waals surface area contributed by atoms with Gasteiger partial charge in [0, 0.05) is 28.5 Å². The van der Waals surface area contributed by atoms with Crippen LogP contribution < -0.4 is 108 Å². The number of phenols is 3. The van der Waals surface area contributed by atoms with Gasteiger partial charge in [-0.25, -0.2) is 4.39 Å². The van der Waals surface area contributed by atoms with Gasteiger partial charge in [0.1, 0.15) is 34.2 Å². The third-order valence-corrected chi connectivity index (χ3v) is 5.17. The quantitative estimate of drug-likeness (QED) is 0.114. The van der Waals surface area contributed by atoms with Gasteiger partial charge in [0.2, 0.25) is 0 Å². The van der Waals surface area contributed by atoms with Gasteiger partial charge in [0.15, 0.2) is 0 Å². The molecule has 198 valence electrons. The Morgan fingerprint density at radius 1 is 0.949 bits per heavy atom. The molecule has 39 heavy (non-hydrogen) atoms. The van der Waals surface area contributed by atoms with E-state index in [-0.39, 0.29) is 145 Å². The predicted molar refractivity (Wildman–Crippen MR) is 138 cm³/mol. The molecule has 0 atom stereocenters. The molecule has 0 radical (unpaired) electrons. The molecule has 1 heterocycles. The average Bonchev–Trinajstić information content (AvgIpc) is 3.25. The van der Waals surface area contributed by atoms with Gasteiger partial charge in [0.25, 0.3) is 6.47 Å². The standard InChI is InChI=1S/C12H8ClFO2.C12H7ClO2.CH3F.CH2O3.2K.H2.H/c13-7-4-5-8(9(14)6-7)12-10(15)2-1-3-11(12)16;13-7-4-5-8-11(6-7)15-10-3-1-2-9(14)12(8)10;1-2;2-1-4-3;;;;/h1-6,15-16H;1-6,14H;1H3;1,3H;;;1H;/q;;;;2*+1;;-1/p-1/i;;1D;;;;1+1;. The van der Waals surface area contributed by atoms with Crippen molar-refractivity contribution in [3.05, 3.63) is 88.7 Å². The minimum absolute atomic E-state index is 0. The Morgan fingerprint density at radius 3 is 2.03 bits per heavy atom. The van der Waals surface area contributed by atoms with Gasteiger partial charge in [-0.2, -0.15) is 0 Å². The molecule has 13 heteroatoms. The number of rotatable bonds is 2. The fourth-order valence-electron chi connectivity index (χ4n) is 3.28. The van der Waals surface area contributed by atoms with Crippen molar-refractivity contribution in [3.63, 3.8) is 0 Å². The van der Waals surface area contributed by atoms with E-state index >= 15 is 0 Å². The summed E-state index contributed by atoms with van der Waals surface area (Å²) in [4.78, 5) is 11.2. The summed E-state index contributed by atoms with van der Waals surface area (Å²) in [5.74, 6) is -0.722. The number of benzene rings is 4. The summed E-state index contributed by atoms with van der Waals surface area (Å²) < 4.78 is 34.7. The summed E-state index contributed by atoms with van der Waals surface area (Å²) in [7, 11) is -1.00. The maximum Gasteiger partial charge on any atom is 1.00 e. The maximum absolute atomic E-state index is 13.6. The molecule has 0 aliphatic rings. The summed E-state index contributed by atoms with van der Waals surface area (Å²) in [6, 6.07) is 18.9. The number of halogens is 4. The maximum atomic E-state index is 13.6. The molecule has 5 rings (SSSR count). The van der Waals surface area contributed by atoms with E-state index < -0.39 is 13.0 Å². The van der Waals surface area contributed by atoms with E-state index in [4.69, 9.17) is 39.0 Å². The smallest absolute Gasteiger partial charge is 1.00 e. The molecule has 4 aromatic carbocycles. The second-order valence-electron chi connectivity index (χ2n) is 6.88. The average molecular weight is 636 g/mol. The number of phenolic OH excluding ortho intramolecular Hbond substituents is 3. The summed E-state index contributed by atoms with van der Waals surface area (Å²) in [5.41, 5.74) is 1.54. The normalized spacial score (nSPS) is 9.62. The van der Waals surface area contributed by atoms with E-state index in [1.165, 1.54) is 30.3 Å². The molecular weight excluding hydrogens is 611 g/mol.